The Kier molecular flexibility index (Phi) is 6.47. The highest BCUT2D eigenvalue weighted by Crippen LogP contribution is 2.17. The zero-order valence-corrected chi connectivity index (χ0v) is 11.5. The lowest BCUT2D eigenvalue weighted by atomic mass is 10.2. The van der Waals surface area contributed by atoms with Crippen molar-refractivity contribution < 1.29 is 5.11 Å². The molecule has 5 heteroatoms. The summed E-state index contributed by atoms with van der Waals surface area (Å²) in [5.74, 6) is 0.649. The van der Waals surface area contributed by atoms with Crippen LogP contribution in [-0.4, -0.2) is 33.5 Å². The zero-order valence-electron chi connectivity index (χ0n) is 10.7. The first-order valence-electron chi connectivity index (χ1n) is 5.91. The number of hydrogen-bond donors (Lipinski definition) is 2. The minimum atomic E-state index is 0.139. The summed E-state index contributed by atoms with van der Waals surface area (Å²) in [6, 6.07) is 0. The number of thioether (sulfide) groups is 1. The van der Waals surface area contributed by atoms with Gasteiger partial charge in [0, 0.05) is 29.8 Å². The van der Waals surface area contributed by atoms with Gasteiger partial charge in [-0.2, -0.15) is 0 Å². The molecular formula is C12H21N3OS. The molecule has 0 spiro atoms. The SMILES string of the molecule is CC(C)CNCc1cnc(SC(C)CO)nc1. The fourth-order valence-corrected chi connectivity index (χ4v) is 1.88. The third kappa shape index (κ3) is 6.00. The number of nitrogens with zero attached hydrogens (tertiary/aromatic N) is 2. The van der Waals surface area contributed by atoms with Crippen LogP contribution in [0.4, 0.5) is 0 Å². The largest absolute Gasteiger partial charge is 0.395 e. The van der Waals surface area contributed by atoms with Gasteiger partial charge < -0.3 is 10.4 Å². The fourth-order valence-electron chi connectivity index (χ4n) is 1.22. The Bertz CT molecular complexity index is 316. The molecule has 0 aromatic carbocycles. The molecule has 1 atom stereocenters. The molecule has 0 aliphatic heterocycles. The first-order chi connectivity index (χ1) is 8.11. The van der Waals surface area contributed by atoms with E-state index in [0.29, 0.717) is 5.92 Å². The maximum atomic E-state index is 8.93. The van der Waals surface area contributed by atoms with Crippen molar-refractivity contribution in [1.29, 1.82) is 0 Å². The molecule has 0 amide bonds. The van der Waals surface area contributed by atoms with Crippen molar-refractivity contribution in [3.63, 3.8) is 0 Å². The summed E-state index contributed by atoms with van der Waals surface area (Å²) in [4.78, 5) is 8.53. The van der Waals surface area contributed by atoms with E-state index in [9.17, 15) is 0 Å². The van der Waals surface area contributed by atoms with E-state index in [2.05, 4.69) is 29.1 Å². The van der Waals surface area contributed by atoms with Crippen LogP contribution in [0, 0.1) is 5.92 Å². The van der Waals surface area contributed by atoms with Crippen molar-refractivity contribution in [3.8, 4) is 0 Å². The van der Waals surface area contributed by atoms with Gasteiger partial charge in [-0.25, -0.2) is 9.97 Å². The monoisotopic (exact) mass is 255 g/mol. The number of hydrogen-bond acceptors (Lipinski definition) is 5. The smallest absolute Gasteiger partial charge is 0.187 e. The summed E-state index contributed by atoms with van der Waals surface area (Å²) < 4.78 is 0. The van der Waals surface area contributed by atoms with E-state index >= 15 is 0 Å². The van der Waals surface area contributed by atoms with Crippen molar-refractivity contribution in [1.82, 2.24) is 15.3 Å². The molecular weight excluding hydrogens is 234 g/mol. The molecule has 1 aromatic rings. The van der Waals surface area contributed by atoms with E-state index in [1.807, 2.05) is 19.3 Å². The molecule has 0 aliphatic carbocycles. The zero-order chi connectivity index (χ0) is 12.7. The van der Waals surface area contributed by atoms with E-state index in [1.165, 1.54) is 11.8 Å². The summed E-state index contributed by atoms with van der Waals surface area (Å²) in [5, 5.41) is 13.1. The third-order valence-corrected chi connectivity index (χ3v) is 3.10. The molecule has 0 fully saturated rings. The van der Waals surface area contributed by atoms with E-state index in [-0.39, 0.29) is 11.9 Å². The predicted octanol–water partition coefficient (Wildman–Crippen LogP) is 1.70. The minimum absolute atomic E-state index is 0.139. The van der Waals surface area contributed by atoms with Crippen molar-refractivity contribution in [2.75, 3.05) is 13.2 Å². The van der Waals surface area contributed by atoms with Crippen LogP contribution in [0.5, 0.6) is 0 Å². The van der Waals surface area contributed by atoms with Crippen LogP contribution in [-0.2, 0) is 6.54 Å². The van der Waals surface area contributed by atoms with Crippen LogP contribution >= 0.6 is 11.8 Å². The van der Waals surface area contributed by atoms with Crippen LogP contribution in [0.3, 0.4) is 0 Å². The molecule has 0 bridgehead atoms. The van der Waals surface area contributed by atoms with Gasteiger partial charge in [0.2, 0.25) is 0 Å². The van der Waals surface area contributed by atoms with Crippen molar-refractivity contribution >= 4 is 11.8 Å². The molecule has 1 rings (SSSR count). The molecule has 4 nitrogen and oxygen atoms in total. The summed E-state index contributed by atoms with van der Waals surface area (Å²) >= 11 is 1.49. The second-order valence-electron chi connectivity index (χ2n) is 4.51. The molecule has 1 aromatic heterocycles. The van der Waals surface area contributed by atoms with Crippen molar-refractivity contribution in [2.24, 2.45) is 5.92 Å². The van der Waals surface area contributed by atoms with E-state index in [4.69, 9.17) is 5.11 Å². The second-order valence-corrected chi connectivity index (χ2v) is 5.92. The normalized spacial score (nSPS) is 13.0. The minimum Gasteiger partial charge on any atom is -0.395 e. The van der Waals surface area contributed by atoms with Crippen molar-refractivity contribution in [3.05, 3.63) is 18.0 Å². The standard InChI is InChI=1S/C12H21N3OS/c1-9(2)4-13-5-11-6-14-12(15-7-11)17-10(3)8-16/h6-7,9-10,13,16H,4-5,8H2,1-3H3. The van der Waals surface area contributed by atoms with Crippen LogP contribution in [0.25, 0.3) is 0 Å². The fraction of sp³-hybridized carbons (Fsp3) is 0.667. The summed E-state index contributed by atoms with van der Waals surface area (Å²) in [6.45, 7) is 8.26. The molecule has 0 saturated heterocycles. The van der Waals surface area contributed by atoms with Gasteiger partial charge in [-0.15, -0.1) is 0 Å². The lowest BCUT2D eigenvalue weighted by Crippen LogP contribution is -2.19. The topological polar surface area (TPSA) is 58.0 Å². The molecule has 17 heavy (non-hydrogen) atoms. The number of aliphatic hydroxyl groups is 1. The van der Waals surface area contributed by atoms with Gasteiger partial charge in [0.1, 0.15) is 0 Å². The Labute approximate surface area is 107 Å². The van der Waals surface area contributed by atoms with Gasteiger partial charge in [-0.3, -0.25) is 0 Å². The van der Waals surface area contributed by atoms with Gasteiger partial charge in [0.25, 0.3) is 0 Å². The number of aromatic nitrogens is 2. The van der Waals surface area contributed by atoms with Crippen LogP contribution in [0.2, 0.25) is 0 Å². The lowest BCUT2D eigenvalue weighted by Gasteiger charge is -2.08. The quantitative estimate of drug-likeness (QED) is 0.573. The molecule has 0 saturated carbocycles. The van der Waals surface area contributed by atoms with E-state index in [1.54, 1.807) is 0 Å². The second kappa shape index (κ2) is 7.63. The Morgan fingerprint density at radius 3 is 2.47 bits per heavy atom. The Hall–Kier alpha value is -0.650. The highest BCUT2D eigenvalue weighted by atomic mass is 32.2. The first-order valence-corrected chi connectivity index (χ1v) is 6.79. The van der Waals surface area contributed by atoms with Crippen LogP contribution in [0.15, 0.2) is 17.6 Å². The number of nitrogens with one attached hydrogen (secondary N) is 1. The van der Waals surface area contributed by atoms with Gasteiger partial charge in [0.05, 0.1) is 6.61 Å². The highest BCUT2D eigenvalue weighted by molar-refractivity contribution is 7.99. The van der Waals surface area contributed by atoms with Gasteiger partial charge in [-0.05, 0) is 12.5 Å². The van der Waals surface area contributed by atoms with Gasteiger partial charge in [0.15, 0.2) is 5.16 Å². The third-order valence-electron chi connectivity index (χ3n) is 2.13. The average molecular weight is 255 g/mol. The number of rotatable bonds is 7. The Morgan fingerprint density at radius 1 is 1.29 bits per heavy atom. The predicted molar refractivity (Wildman–Crippen MR) is 71.0 cm³/mol. The Balaban J connectivity index is 2.39. The van der Waals surface area contributed by atoms with Crippen molar-refractivity contribution in [2.45, 2.75) is 37.7 Å². The van der Waals surface area contributed by atoms with Crippen LogP contribution in [0.1, 0.15) is 26.3 Å². The van der Waals surface area contributed by atoms with Gasteiger partial charge >= 0.3 is 0 Å². The highest BCUT2D eigenvalue weighted by Gasteiger charge is 2.05. The maximum absolute atomic E-state index is 8.93. The average Bonchev–Trinajstić information content (AvgIpc) is 2.31. The summed E-state index contributed by atoms with van der Waals surface area (Å²) in [6.07, 6.45) is 3.68. The lowest BCUT2D eigenvalue weighted by molar-refractivity contribution is 0.300. The van der Waals surface area contributed by atoms with E-state index in [0.717, 1.165) is 23.8 Å². The molecule has 2 N–H and O–H groups in total. The Morgan fingerprint density at radius 2 is 1.94 bits per heavy atom. The van der Waals surface area contributed by atoms with Gasteiger partial charge in [-0.1, -0.05) is 32.5 Å². The number of aliphatic hydroxyl groups excluding tert-OH is 1. The molecule has 0 aliphatic rings. The summed E-state index contributed by atoms with van der Waals surface area (Å²) in [5.41, 5.74) is 1.09. The molecule has 1 unspecified atom stereocenters. The maximum Gasteiger partial charge on any atom is 0.187 e. The van der Waals surface area contributed by atoms with Crippen LogP contribution < -0.4 is 5.32 Å². The molecule has 96 valence electrons. The molecule has 1 heterocycles. The molecule has 0 radical (unpaired) electrons. The first kappa shape index (κ1) is 14.4. The summed E-state index contributed by atoms with van der Waals surface area (Å²) in [7, 11) is 0. The van der Waals surface area contributed by atoms with E-state index < -0.39 is 0 Å².